The number of ketones is 1. The van der Waals surface area contributed by atoms with Gasteiger partial charge in [-0.2, -0.15) is 0 Å². The molecule has 13 nitrogen and oxygen atoms in total. The predicted octanol–water partition coefficient (Wildman–Crippen LogP) is 0.740. The number of rotatable bonds is 6. The van der Waals surface area contributed by atoms with Crippen molar-refractivity contribution in [2.75, 3.05) is 6.61 Å². The summed E-state index contributed by atoms with van der Waals surface area (Å²) in [6.07, 6.45) is -6.40. The highest BCUT2D eigenvalue weighted by Gasteiger charge is 2.48. The minimum Gasteiger partial charge on any atom is -0.504 e. The molecule has 2 aliphatic rings. The van der Waals surface area contributed by atoms with E-state index in [9.17, 15) is 39.9 Å². The Balaban J connectivity index is 1.58. The number of hydrogen-bond acceptors (Lipinski definition) is 13. The maximum absolute atomic E-state index is 12.8. The van der Waals surface area contributed by atoms with E-state index in [-0.39, 0.29) is 28.6 Å². The molecule has 0 aromatic heterocycles. The van der Waals surface area contributed by atoms with Crippen LogP contribution in [0.15, 0.2) is 36.1 Å². The molecule has 0 amide bonds. The Morgan fingerprint density at radius 3 is 2.39 bits per heavy atom. The van der Waals surface area contributed by atoms with Crippen molar-refractivity contribution in [2.45, 2.75) is 44.6 Å². The molecule has 0 saturated carbocycles. The maximum atomic E-state index is 12.8. The van der Waals surface area contributed by atoms with E-state index in [1.165, 1.54) is 36.4 Å². The number of carbonyl (C=O) groups is 3. The third-order valence-electron chi connectivity index (χ3n) is 5.71. The molecular weight excluding hydrogens is 508 g/mol. The molecule has 0 radical (unpaired) electrons. The Labute approximate surface area is 215 Å². The molecule has 2 aliphatic heterocycles. The summed E-state index contributed by atoms with van der Waals surface area (Å²) in [4.78, 5) is 35.5. The number of carbonyl (C=O) groups excluding carboxylic acids is 3. The largest absolute Gasteiger partial charge is 0.504 e. The minimum atomic E-state index is -1.73. The van der Waals surface area contributed by atoms with Crippen LogP contribution in [-0.4, -0.2) is 80.6 Å². The topological polar surface area (TPSA) is 199 Å². The molecule has 2 aromatic carbocycles. The third kappa shape index (κ3) is 5.34. The van der Waals surface area contributed by atoms with E-state index >= 15 is 0 Å². The van der Waals surface area contributed by atoms with Gasteiger partial charge in [0.1, 0.15) is 18.8 Å². The Morgan fingerprint density at radius 1 is 1.00 bits per heavy atom. The van der Waals surface area contributed by atoms with Crippen molar-refractivity contribution in [1.29, 1.82) is 0 Å². The second-order valence-corrected chi connectivity index (χ2v) is 8.50. The summed E-state index contributed by atoms with van der Waals surface area (Å²) in [6.45, 7) is 1.76. The van der Waals surface area contributed by atoms with Crippen molar-refractivity contribution in [1.82, 2.24) is 0 Å². The molecule has 4 rings (SSSR count). The number of fused-ring (bicyclic) bond motifs is 1. The predicted molar refractivity (Wildman–Crippen MR) is 124 cm³/mol. The number of Topliss-reactive ketones (excluding diaryl/α,β-unsaturated/α-hetero) is 1. The number of hydrogen-bond donors (Lipinski definition) is 5. The molecule has 2 aromatic rings. The van der Waals surface area contributed by atoms with Crippen LogP contribution in [0.4, 0.5) is 0 Å². The van der Waals surface area contributed by atoms with Gasteiger partial charge in [0, 0.05) is 13.8 Å². The van der Waals surface area contributed by atoms with Gasteiger partial charge in [0.05, 0.1) is 5.56 Å². The molecule has 0 bridgehead atoms. The quantitative estimate of drug-likeness (QED) is 0.198. The van der Waals surface area contributed by atoms with Gasteiger partial charge >= 0.3 is 11.9 Å². The van der Waals surface area contributed by atoms with Crippen LogP contribution in [0.2, 0.25) is 0 Å². The lowest BCUT2D eigenvalue weighted by atomic mass is 9.99. The highest BCUT2D eigenvalue weighted by molar-refractivity contribution is 6.15. The average molecular weight is 532 g/mol. The number of allylic oxidation sites excluding steroid dienone is 1. The van der Waals surface area contributed by atoms with Crippen molar-refractivity contribution in [3.8, 4) is 28.7 Å². The lowest BCUT2D eigenvalue weighted by molar-refractivity contribution is -0.282. The molecule has 202 valence electrons. The van der Waals surface area contributed by atoms with Crippen molar-refractivity contribution in [2.24, 2.45) is 0 Å². The third-order valence-corrected chi connectivity index (χ3v) is 5.71. The van der Waals surface area contributed by atoms with Gasteiger partial charge < -0.3 is 49.2 Å². The highest BCUT2D eigenvalue weighted by Crippen LogP contribution is 2.45. The molecule has 5 unspecified atom stereocenters. The van der Waals surface area contributed by atoms with Gasteiger partial charge in [-0.25, -0.2) is 0 Å². The highest BCUT2D eigenvalue weighted by atomic mass is 16.7. The standard InChI is InChI=1S/C25H24O13/c1-10(26)34-9-18-21(32)24(35-11(2)27)22(33)25(38-18)37-16-6-4-13-19(30)17(36-23(13)20(16)31)8-12-3-5-14(28)15(29)7-12/h3-8,18,21-22,24-25,28-29,31-33H,9H2,1-2H3. The summed E-state index contributed by atoms with van der Waals surface area (Å²) in [5, 5.41) is 51.1. The molecular formula is C25H24O13. The minimum absolute atomic E-state index is 0.00448. The summed E-state index contributed by atoms with van der Waals surface area (Å²) in [7, 11) is 0. The van der Waals surface area contributed by atoms with Crippen LogP contribution in [0, 0.1) is 0 Å². The van der Waals surface area contributed by atoms with E-state index in [0.29, 0.717) is 5.56 Å². The molecule has 0 spiro atoms. The summed E-state index contributed by atoms with van der Waals surface area (Å²) in [5.74, 6) is -4.15. The number of phenolic OH excluding ortho intramolecular Hbond substituents is 3. The van der Waals surface area contributed by atoms with Crippen molar-refractivity contribution < 1.29 is 63.6 Å². The van der Waals surface area contributed by atoms with Crippen LogP contribution in [0.3, 0.4) is 0 Å². The fourth-order valence-electron chi connectivity index (χ4n) is 3.89. The van der Waals surface area contributed by atoms with Gasteiger partial charge in [-0.05, 0) is 35.9 Å². The number of aliphatic hydroxyl groups is 2. The number of ether oxygens (including phenoxy) is 5. The van der Waals surface area contributed by atoms with E-state index in [2.05, 4.69) is 0 Å². The van der Waals surface area contributed by atoms with Gasteiger partial charge in [0.15, 0.2) is 41.0 Å². The molecule has 1 fully saturated rings. The molecule has 0 aliphatic carbocycles. The Morgan fingerprint density at radius 2 is 1.74 bits per heavy atom. The molecule has 38 heavy (non-hydrogen) atoms. The zero-order chi connectivity index (χ0) is 27.7. The zero-order valence-electron chi connectivity index (χ0n) is 20.1. The summed E-state index contributed by atoms with van der Waals surface area (Å²) < 4.78 is 26.5. The van der Waals surface area contributed by atoms with Crippen LogP contribution < -0.4 is 9.47 Å². The van der Waals surface area contributed by atoms with E-state index < -0.39 is 66.5 Å². The second-order valence-electron chi connectivity index (χ2n) is 8.50. The lowest BCUT2D eigenvalue weighted by Crippen LogP contribution is -2.61. The first-order chi connectivity index (χ1) is 18.0. The van der Waals surface area contributed by atoms with E-state index in [1.807, 2.05) is 0 Å². The maximum Gasteiger partial charge on any atom is 0.303 e. The summed E-state index contributed by atoms with van der Waals surface area (Å²) in [6, 6.07) is 6.37. The Hall–Kier alpha value is -4.33. The SMILES string of the molecule is CC(=O)OCC1OC(Oc2ccc3c(c2O)OC(=Cc2ccc(O)c(O)c2)C3=O)C(O)C(OC(C)=O)C1O. The second kappa shape index (κ2) is 10.6. The number of benzene rings is 2. The number of phenols is 3. The van der Waals surface area contributed by atoms with E-state index in [1.54, 1.807) is 0 Å². The van der Waals surface area contributed by atoms with Crippen LogP contribution >= 0.6 is 0 Å². The monoisotopic (exact) mass is 532 g/mol. The number of aliphatic hydroxyl groups excluding tert-OH is 2. The van der Waals surface area contributed by atoms with Gasteiger partial charge in [0.25, 0.3) is 0 Å². The molecule has 5 N–H and O–H groups in total. The van der Waals surface area contributed by atoms with Crippen LogP contribution in [0.5, 0.6) is 28.7 Å². The normalized spacial score (nSPS) is 25.4. The van der Waals surface area contributed by atoms with Crippen LogP contribution in [-0.2, 0) is 23.8 Å². The first-order valence-electron chi connectivity index (χ1n) is 11.3. The Kier molecular flexibility index (Phi) is 7.44. The fraction of sp³-hybridized carbons (Fsp3) is 0.320. The molecule has 2 heterocycles. The average Bonchev–Trinajstić information content (AvgIpc) is 3.17. The molecule has 13 heteroatoms. The zero-order valence-corrected chi connectivity index (χ0v) is 20.1. The first kappa shape index (κ1) is 26.7. The fourth-order valence-corrected chi connectivity index (χ4v) is 3.89. The lowest BCUT2D eigenvalue weighted by Gasteiger charge is -2.41. The summed E-state index contributed by atoms with van der Waals surface area (Å²) >= 11 is 0. The summed E-state index contributed by atoms with van der Waals surface area (Å²) in [5.41, 5.74) is 0.329. The van der Waals surface area contributed by atoms with Crippen molar-refractivity contribution >= 4 is 23.8 Å². The molecule has 1 saturated heterocycles. The van der Waals surface area contributed by atoms with Gasteiger partial charge in [-0.3, -0.25) is 14.4 Å². The Bertz CT molecular complexity index is 1300. The number of aromatic hydroxyl groups is 3. The van der Waals surface area contributed by atoms with Crippen molar-refractivity contribution in [3.63, 3.8) is 0 Å². The van der Waals surface area contributed by atoms with Gasteiger partial charge in [-0.15, -0.1) is 0 Å². The van der Waals surface area contributed by atoms with Crippen LogP contribution in [0.25, 0.3) is 6.08 Å². The van der Waals surface area contributed by atoms with Gasteiger partial charge in [0.2, 0.25) is 17.8 Å². The van der Waals surface area contributed by atoms with Gasteiger partial charge in [-0.1, -0.05) is 6.07 Å². The first-order valence-corrected chi connectivity index (χ1v) is 11.3. The number of esters is 2. The molecule has 5 atom stereocenters. The smallest absolute Gasteiger partial charge is 0.303 e. The van der Waals surface area contributed by atoms with Crippen molar-refractivity contribution in [3.05, 3.63) is 47.2 Å². The van der Waals surface area contributed by atoms with Crippen LogP contribution in [0.1, 0.15) is 29.8 Å². The van der Waals surface area contributed by atoms with E-state index in [4.69, 9.17) is 23.7 Å². The van der Waals surface area contributed by atoms with E-state index in [0.717, 1.165) is 13.8 Å².